The van der Waals surface area contributed by atoms with Gasteiger partial charge in [0.05, 0.1) is 0 Å². The lowest BCUT2D eigenvalue weighted by atomic mass is 10.0. The van der Waals surface area contributed by atoms with Crippen LogP contribution in [0, 0.1) is 0 Å². The van der Waals surface area contributed by atoms with E-state index in [9.17, 15) is 0 Å². The summed E-state index contributed by atoms with van der Waals surface area (Å²) >= 11 is 0. The van der Waals surface area contributed by atoms with Gasteiger partial charge in [0.2, 0.25) is 0 Å². The quantitative estimate of drug-likeness (QED) is 0.831. The number of hydrogen-bond acceptors (Lipinski definition) is 3. The fraction of sp³-hybridized carbons (Fsp3) is 0.400. The second kappa shape index (κ2) is 4.25. The van der Waals surface area contributed by atoms with Crippen LogP contribution < -0.4 is 10.2 Å². The standard InChI is InChI=1S/C15H19N3/c1-15(2)11-18(9-8-17-15)14-5-3-4-12-10-16-7-6-13(12)14/h3-7,10,17H,8-9,11H2,1-2H3. The van der Waals surface area contributed by atoms with E-state index in [1.165, 1.54) is 16.5 Å². The number of fused-ring (bicyclic) bond motifs is 1. The summed E-state index contributed by atoms with van der Waals surface area (Å²) in [4.78, 5) is 6.67. The van der Waals surface area contributed by atoms with Gasteiger partial charge in [-0.2, -0.15) is 0 Å². The Morgan fingerprint density at radius 2 is 2.17 bits per heavy atom. The first kappa shape index (κ1) is 11.5. The molecule has 2 aromatic rings. The molecule has 0 radical (unpaired) electrons. The van der Waals surface area contributed by atoms with Crippen LogP contribution in [0.2, 0.25) is 0 Å². The molecule has 0 saturated carbocycles. The number of piperazine rings is 1. The molecule has 0 unspecified atom stereocenters. The average molecular weight is 241 g/mol. The molecule has 0 amide bonds. The Bertz CT molecular complexity index is 557. The number of anilines is 1. The Morgan fingerprint density at radius 1 is 1.28 bits per heavy atom. The van der Waals surface area contributed by atoms with Crippen LogP contribution in [0.3, 0.4) is 0 Å². The summed E-state index contributed by atoms with van der Waals surface area (Å²) in [6, 6.07) is 8.57. The van der Waals surface area contributed by atoms with Crippen LogP contribution in [0.5, 0.6) is 0 Å². The Balaban J connectivity index is 2.04. The average Bonchev–Trinajstić information content (AvgIpc) is 2.37. The highest BCUT2D eigenvalue weighted by Gasteiger charge is 2.26. The molecule has 1 N–H and O–H groups in total. The molecule has 0 spiro atoms. The van der Waals surface area contributed by atoms with E-state index in [-0.39, 0.29) is 5.54 Å². The van der Waals surface area contributed by atoms with Crippen molar-refractivity contribution in [3.05, 3.63) is 36.7 Å². The zero-order valence-corrected chi connectivity index (χ0v) is 11.0. The Kier molecular flexibility index (Phi) is 2.71. The van der Waals surface area contributed by atoms with Crippen molar-refractivity contribution in [3.8, 4) is 0 Å². The van der Waals surface area contributed by atoms with Crippen molar-refractivity contribution < 1.29 is 0 Å². The summed E-state index contributed by atoms with van der Waals surface area (Å²) in [6.45, 7) is 7.64. The van der Waals surface area contributed by atoms with E-state index in [4.69, 9.17) is 0 Å². The van der Waals surface area contributed by atoms with Crippen LogP contribution in [-0.4, -0.2) is 30.2 Å². The maximum atomic E-state index is 4.20. The monoisotopic (exact) mass is 241 g/mol. The van der Waals surface area contributed by atoms with Crippen molar-refractivity contribution in [1.29, 1.82) is 0 Å². The number of nitrogens with zero attached hydrogens (tertiary/aromatic N) is 2. The number of hydrogen-bond donors (Lipinski definition) is 1. The van der Waals surface area contributed by atoms with Crippen LogP contribution in [0.1, 0.15) is 13.8 Å². The summed E-state index contributed by atoms with van der Waals surface area (Å²) in [5.74, 6) is 0. The lowest BCUT2D eigenvalue weighted by Gasteiger charge is -2.40. The summed E-state index contributed by atoms with van der Waals surface area (Å²) in [5.41, 5.74) is 1.50. The van der Waals surface area contributed by atoms with Gasteiger partial charge in [0.15, 0.2) is 0 Å². The van der Waals surface area contributed by atoms with E-state index in [0.717, 1.165) is 19.6 Å². The predicted octanol–water partition coefficient (Wildman–Crippen LogP) is 2.42. The zero-order chi connectivity index (χ0) is 12.6. The van der Waals surface area contributed by atoms with Crippen LogP contribution in [0.15, 0.2) is 36.7 Å². The molecule has 0 bridgehead atoms. The largest absolute Gasteiger partial charge is 0.368 e. The molecule has 3 heteroatoms. The molecule has 1 aliphatic rings. The zero-order valence-electron chi connectivity index (χ0n) is 11.0. The van der Waals surface area contributed by atoms with Crippen molar-refractivity contribution in [2.45, 2.75) is 19.4 Å². The van der Waals surface area contributed by atoms with Crippen molar-refractivity contribution in [2.24, 2.45) is 0 Å². The number of pyridine rings is 1. The number of nitrogens with one attached hydrogen (secondary N) is 1. The molecule has 2 heterocycles. The highest BCUT2D eigenvalue weighted by molar-refractivity contribution is 5.93. The van der Waals surface area contributed by atoms with Crippen molar-refractivity contribution >= 4 is 16.5 Å². The van der Waals surface area contributed by atoms with Gasteiger partial charge < -0.3 is 10.2 Å². The number of rotatable bonds is 1. The minimum absolute atomic E-state index is 0.174. The maximum absolute atomic E-state index is 4.20. The third-order valence-electron chi connectivity index (χ3n) is 3.57. The fourth-order valence-electron chi connectivity index (χ4n) is 2.73. The van der Waals surface area contributed by atoms with Gasteiger partial charge >= 0.3 is 0 Å². The highest BCUT2D eigenvalue weighted by atomic mass is 15.2. The van der Waals surface area contributed by atoms with Crippen molar-refractivity contribution in [2.75, 3.05) is 24.5 Å². The van der Waals surface area contributed by atoms with E-state index in [1.54, 1.807) is 0 Å². The van der Waals surface area contributed by atoms with Gasteiger partial charge in [0, 0.05) is 54.0 Å². The fourth-order valence-corrected chi connectivity index (χ4v) is 2.73. The van der Waals surface area contributed by atoms with Gasteiger partial charge in [-0.3, -0.25) is 4.98 Å². The van der Waals surface area contributed by atoms with E-state index in [2.05, 4.69) is 53.3 Å². The Hall–Kier alpha value is -1.61. The van der Waals surface area contributed by atoms with Gasteiger partial charge in [-0.05, 0) is 26.0 Å². The van der Waals surface area contributed by atoms with Gasteiger partial charge in [0.25, 0.3) is 0 Å². The second-order valence-electron chi connectivity index (χ2n) is 5.61. The Labute approximate surface area is 108 Å². The molecular weight excluding hydrogens is 222 g/mol. The molecule has 1 fully saturated rings. The van der Waals surface area contributed by atoms with Crippen LogP contribution in [0.4, 0.5) is 5.69 Å². The molecule has 1 aromatic heterocycles. The highest BCUT2D eigenvalue weighted by Crippen LogP contribution is 2.28. The first-order valence-corrected chi connectivity index (χ1v) is 6.48. The smallest absolute Gasteiger partial charge is 0.0448 e. The molecule has 18 heavy (non-hydrogen) atoms. The van der Waals surface area contributed by atoms with Gasteiger partial charge in [0.1, 0.15) is 0 Å². The molecule has 0 aliphatic carbocycles. The molecule has 1 saturated heterocycles. The third-order valence-corrected chi connectivity index (χ3v) is 3.57. The maximum Gasteiger partial charge on any atom is 0.0448 e. The van der Waals surface area contributed by atoms with Crippen molar-refractivity contribution in [1.82, 2.24) is 10.3 Å². The number of benzene rings is 1. The normalized spacial score (nSPS) is 19.1. The molecule has 94 valence electrons. The molecule has 3 nitrogen and oxygen atoms in total. The second-order valence-corrected chi connectivity index (χ2v) is 5.61. The summed E-state index contributed by atoms with van der Waals surface area (Å²) < 4.78 is 0. The van der Waals surface area contributed by atoms with Crippen LogP contribution >= 0.6 is 0 Å². The molecule has 1 aromatic carbocycles. The van der Waals surface area contributed by atoms with Gasteiger partial charge in [-0.15, -0.1) is 0 Å². The molecule has 0 atom stereocenters. The van der Waals surface area contributed by atoms with Crippen molar-refractivity contribution in [3.63, 3.8) is 0 Å². The van der Waals surface area contributed by atoms with E-state index >= 15 is 0 Å². The molecule has 3 rings (SSSR count). The van der Waals surface area contributed by atoms with Gasteiger partial charge in [-0.1, -0.05) is 12.1 Å². The first-order valence-electron chi connectivity index (χ1n) is 6.48. The Morgan fingerprint density at radius 3 is 3.00 bits per heavy atom. The minimum atomic E-state index is 0.174. The number of aromatic nitrogens is 1. The van der Waals surface area contributed by atoms with Crippen LogP contribution in [-0.2, 0) is 0 Å². The van der Waals surface area contributed by atoms with Gasteiger partial charge in [-0.25, -0.2) is 0 Å². The summed E-state index contributed by atoms with van der Waals surface area (Å²) in [5, 5.41) is 6.06. The lowest BCUT2D eigenvalue weighted by molar-refractivity contribution is 0.353. The van der Waals surface area contributed by atoms with E-state index in [1.807, 2.05) is 12.4 Å². The van der Waals surface area contributed by atoms with Crippen LogP contribution in [0.25, 0.3) is 10.8 Å². The summed E-state index contributed by atoms with van der Waals surface area (Å²) in [6.07, 6.45) is 3.81. The SMILES string of the molecule is CC1(C)CN(c2cccc3cnccc23)CCN1. The topological polar surface area (TPSA) is 28.2 Å². The predicted molar refractivity (Wildman–Crippen MR) is 76.0 cm³/mol. The summed E-state index contributed by atoms with van der Waals surface area (Å²) in [7, 11) is 0. The third kappa shape index (κ3) is 2.06. The minimum Gasteiger partial charge on any atom is -0.368 e. The lowest BCUT2D eigenvalue weighted by Crippen LogP contribution is -2.57. The first-order chi connectivity index (χ1) is 8.66. The van der Waals surface area contributed by atoms with E-state index < -0.39 is 0 Å². The molecular formula is C15H19N3. The molecule has 1 aliphatic heterocycles. The van der Waals surface area contributed by atoms with E-state index in [0.29, 0.717) is 0 Å².